The van der Waals surface area contributed by atoms with E-state index in [9.17, 15) is 9.59 Å². The molecule has 0 spiro atoms. The highest BCUT2D eigenvalue weighted by molar-refractivity contribution is 8.00. The fourth-order valence-electron chi connectivity index (χ4n) is 3.05. The van der Waals surface area contributed by atoms with Gasteiger partial charge in [0.05, 0.1) is 10.3 Å². The van der Waals surface area contributed by atoms with Crippen molar-refractivity contribution in [1.29, 1.82) is 0 Å². The average molecular weight is 408 g/mol. The summed E-state index contributed by atoms with van der Waals surface area (Å²) in [5.74, 6) is 0.953. The second kappa shape index (κ2) is 8.80. The summed E-state index contributed by atoms with van der Waals surface area (Å²) in [4.78, 5) is 27.8. The Hall–Kier alpha value is -1.99. The highest BCUT2D eigenvalue weighted by Crippen LogP contribution is 2.31. The van der Waals surface area contributed by atoms with Gasteiger partial charge >= 0.3 is 0 Å². The van der Waals surface area contributed by atoms with Gasteiger partial charge < -0.3 is 14.7 Å². The third-order valence-corrected chi connectivity index (χ3v) is 6.15. The second-order valence-corrected chi connectivity index (χ2v) is 8.39. The lowest BCUT2D eigenvalue weighted by Crippen LogP contribution is -2.44. The van der Waals surface area contributed by atoms with Crippen LogP contribution in [0.15, 0.2) is 39.8 Å². The quantitative estimate of drug-likeness (QED) is 0.758. The summed E-state index contributed by atoms with van der Waals surface area (Å²) in [5.41, 5.74) is 0. The van der Waals surface area contributed by atoms with E-state index in [1.54, 1.807) is 13.0 Å². The number of anilines is 1. The first-order valence-corrected chi connectivity index (χ1v) is 10.1. The van der Waals surface area contributed by atoms with Gasteiger partial charge in [-0.25, -0.2) is 0 Å². The number of carbonyl (C=O) groups is 2. The normalized spacial score (nSPS) is 16.2. The third-order valence-electron chi connectivity index (χ3n) is 4.54. The smallest absolute Gasteiger partial charge is 0.235 e. The van der Waals surface area contributed by atoms with E-state index in [-0.39, 0.29) is 23.0 Å². The monoisotopic (exact) mass is 407 g/mol. The van der Waals surface area contributed by atoms with Crippen molar-refractivity contribution in [3.05, 3.63) is 41.1 Å². The number of hydrogen-bond acceptors (Lipinski definition) is 5. The van der Waals surface area contributed by atoms with E-state index in [0.29, 0.717) is 42.5 Å². The van der Waals surface area contributed by atoms with Gasteiger partial charge in [0.25, 0.3) is 0 Å². The molecule has 0 unspecified atom stereocenters. The predicted octanol–water partition coefficient (Wildman–Crippen LogP) is 3.99. The van der Waals surface area contributed by atoms with E-state index in [1.165, 1.54) is 11.8 Å². The summed E-state index contributed by atoms with van der Waals surface area (Å²) in [6.45, 7) is 4.81. The van der Waals surface area contributed by atoms with Gasteiger partial charge in [-0.05, 0) is 38.8 Å². The minimum absolute atomic E-state index is 0.0749. The third kappa shape index (κ3) is 5.05. The molecule has 1 aromatic carbocycles. The number of nitrogens with zero attached hydrogens (tertiary/aromatic N) is 2. The maximum atomic E-state index is 12.7. The summed E-state index contributed by atoms with van der Waals surface area (Å²) in [6.07, 6.45) is 1.27. The summed E-state index contributed by atoms with van der Waals surface area (Å²) in [6, 6.07) is 9.20. The maximum absolute atomic E-state index is 12.7. The molecule has 0 saturated carbocycles. The largest absolute Gasteiger partial charge is 0.360 e. The van der Waals surface area contributed by atoms with Gasteiger partial charge in [-0.3, -0.25) is 9.59 Å². The average Bonchev–Trinajstić information content (AvgIpc) is 3.07. The van der Waals surface area contributed by atoms with E-state index < -0.39 is 0 Å². The van der Waals surface area contributed by atoms with Crippen LogP contribution in [0.5, 0.6) is 0 Å². The van der Waals surface area contributed by atoms with Crippen LogP contribution in [0, 0.1) is 12.8 Å². The number of thioether (sulfide) groups is 1. The lowest BCUT2D eigenvalue weighted by atomic mass is 9.95. The van der Waals surface area contributed by atoms with Crippen LogP contribution >= 0.6 is 23.4 Å². The number of piperidine rings is 1. The summed E-state index contributed by atoms with van der Waals surface area (Å²) < 4.78 is 4.96. The van der Waals surface area contributed by atoms with Crippen molar-refractivity contribution in [2.45, 2.75) is 36.8 Å². The first-order valence-electron chi connectivity index (χ1n) is 8.88. The minimum atomic E-state index is -0.228. The molecule has 0 bridgehead atoms. The highest BCUT2D eigenvalue weighted by Gasteiger charge is 2.30. The van der Waals surface area contributed by atoms with Gasteiger partial charge in [-0.1, -0.05) is 28.9 Å². The Morgan fingerprint density at radius 1 is 1.33 bits per heavy atom. The van der Waals surface area contributed by atoms with Gasteiger partial charge in [0, 0.05) is 30.0 Å². The van der Waals surface area contributed by atoms with Gasteiger partial charge in [0.2, 0.25) is 11.8 Å². The zero-order valence-electron chi connectivity index (χ0n) is 15.3. The Morgan fingerprint density at radius 2 is 2.04 bits per heavy atom. The van der Waals surface area contributed by atoms with Crippen molar-refractivity contribution in [2.24, 2.45) is 5.92 Å². The number of halogens is 1. The van der Waals surface area contributed by atoms with Crippen molar-refractivity contribution in [3.8, 4) is 0 Å². The predicted molar refractivity (Wildman–Crippen MR) is 106 cm³/mol. The van der Waals surface area contributed by atoms with Crippen molar-refractivity contribution < 1.29 is 14.1 Å². The molecule has 8 heteroatoms. The van der Waals surface area contributed by atoms with Gasteiger partial charge in [0.1, 0.15) is 5.76 Å². The molecule has 0 radical (unpaired) electrons. The minimum Gasteiger partial charge on any atom is -0.360 e. The standard InChI is InChI=1S/C19H22ClN3O3S/c1-12-11-17(22-26-12)21-18(24)14-7-9-23(10-8-14)19(25)13(2)27-16-6-4-3-5-15(16)20/h3-6,11,13-14H,7-10H2,1-2H3,(H,21,22,24)/t13-/m1/s1. The number of benzene rings is 1. The number of carbonyl (C=O) groups excluding carboxylic acids is 2. The van der Waals surface area contributed by atoms with Crippen LogP contribution in [0.4, 0.5) is 5.82 Å². The van der Waals surface area contributed by atoms with E-state index in [2.05, 4.69) is 10.5 Å². The van der Waals surface area contributed by atoms with Gasteiger partial charge in [-0.15, -0.1) is 11.8 Å². The SMILES string of the molecule is Cc1cc(NC(=O)C2CCN(C(=O)[C@@H](C)Sc3ccccc3Cl)CC2)no1. The van der Waals surface area contributed by atoms with Crippen LogP contribution in [0.2, 0.25) is 5.02 Å². The number of rotatable bonds is 5. The van der Waals surface area contributed by atoms with Crippen LogP contribution in [0.1, 0.15) is 25.5 Å². The van der Waals surface area contributed by atoms with Crippen LogP contribution in [-0.2, 0) is 9.59 Å². The van der Waals surface area contributed by atoms with E-state index >= 15 is 0 Å². The summed E-state index contributed by atoms with van der Waals surface area (Å²) in [7, 11) is 0. The Labute approximate surface area is 167 Å². The van der Waals surface area contributed by atoms with Gasteiger partial charge in [-0.2, -0.15) is 0 Å². The molecule has 1 aliphatic heterocycles. The number of aryl methyl sites for hydroxylation is 1. The Kier molecular flexibility index (Phi) is 6.44. The fraction of sp³-hybridized carbons (Fsp3) is 0.421. The molecule has 2 aromatic rings. The van der Waals surface area contributed by atoms with Crippen molar-refractivity contribution in [3.63, 3.8) is 0 Å². The lowest BCUT2D eigenvalue weighted by molar-refractivity contribution is -0.133. The van der Waals surface area contributed by atoms with E-state index in [0.717, 1.165) is 4.90 Å². The summed E-state index contributed by atoms with van der Waals surface area (Å²) in [5, 5.41) is 6.98. The zero-order valence-corrected chi connectivity index (χ0v) is 16.8. The highest BCUT2D eigenvalue weighted by atomic mass is 35.5. The topological polar surface area (TPSA) is 75.4 Å². The van der Waals surface area contributed by atoms with Crippen LogP contribution in [-0.4, -0.2) is 40.2 Å². The van der Waals surface area contributed by atoms with Crippen LogP contribution < -0.4 is 5.32 Å². The first-order chi connectivity index (χ1) is 12.9. The van der Waals surface area contributed by atoms with Gasteiger partial charge in [0.15, 0.2) is 5.82 Å². The molecule has 1 saturated heterocycles. The lowest BCUT2D eigenvalue weighted by Gasteiger charge is -2.32. The van der Waals surface area contributed by atoms with E-state index in [4.69, 9.17) is 16.1 Å². The number of aromatic nitrogens is 1. The Bertz CT molecular complexity index is 818. The molecular weight excluding hydrogens is 386 g/mol. The number of nitrogens with one attached hydrogen (secondary N) is 1. The molecule has 2 heterocycles. The Balaban J connectivity index is 1.50. The first kappa shape index (κ1) is 19.8. The molecule has 1 aromatic heterocycles. The molecule has 144 valence electrons. The van der Waals surface area contributed by atoms with Crippen LogP contribution in [0.25, 0.3) is 0 Å². The maximum Gasteiger partial charge on any atom is 0.235 e. The molecule has 1 aliphatic rings. The second-order valence-electron chi connectivity index (χ2n) is 6.60. The van der Waals surface area contributed by atoms with E-state index in [1.807, 2.05) is 36.1 Å². The molecule has 3 rings (SSSR count). The molecule has 27 heavy (non-hydrogen) atoms. The summed E-state index contributed by atoms with van der Waals surface area (Å²) >= 11 is 7.64. The fourth-order valence-corrected chi connectivity index (χ4v) is 4.29. The zero-order chi connectivity index (χ0) is 19.4. The number of amides is 2. The Morgan fingerprint density at radius 3 is 2.67 bits per heavy atom. The molecule has 1 atom stereocenters. The van der Waals surface area contributed by atoms with Crippen molar-refractivity contribution in [1.82, 2.24) is 10.1 Å². The van der Waals surface area contributed by atoms with Crippen LogP contribution in [0.3, 0.4) is 0 Å². The molecule has 1 fully saturated rings. The molecule has 0 aliphatic carbocycles. The van der Waals surface area contributed by atoms with Crippen molar-refractivity contribution in [2.75, 3.05) is 18.4 Å². The molecule has 1 N–H and O–H groups in total. The number of hydrogen-bond donors (Lipinski definition) is 1. The number of likely N-dealkylation sites (tertiary alicyclic amines) is 1. The molecular formula is C19H22ClN3O3S. The molecule has 6 nitrogen and oxygen atoms in total. The van der Waals surface area contributed by atoms with Crippen molar-refractivity contribution >= 4 is 41.0 Å². The molecule has 2 amide bonds.